The van der Waals surface area contributed by atoms with E-state index in [2.05, 4.69) is 28.6 Å². The third kappa shape index (κ3) is 3.51. The van der Waals surface area contributed by atoms with Crippen molar-refractivity contribution >= 4 is 5.91 Å². The average molecular weight is 300 g/mol. The van der Waals surface area contributed by atoms with Crippen LogP contribution in [0.1, 0.15) is 34.5 Å². The molecule has 2 heterocycles. The molecule has 1 N–H and O–H groups in total. The van der Waals surface area contributed by atoms with Gasteiger partial charge in [0, 0.05) is 13.2 Å². The average Bonchev–Trinajstić information content (AvgIpc) is 3.19. The molecule has 0 bridgehead atoms. The van der Waals surface area contributed by atoms with E-state index in [0.717, 1.165) is 19.4 Å². The summed E-state index contributed by atoms with van der Waals surface area (Å²) < 4.78 is 7.16. The molecule has 1 saturated heterocycles. The number of benzene rings is 1. The van der Waals surface area contributed by atoms with Crippen molar-refractivity contribution in [2.45, 2.75) is 32.4 Å². The van der Waals surface area contributed by atoms with Gasteiger partial charge in [-0.05, 0) is 30.9 Å². The Kier molecular flexibility index (Phi) is 4.48. The Morgan fingerprint density at radius 3 is 3.09 bits per heavy atom. The number of carbonyl (C=O) groups is 1. The predicted octanol–water partition coefficient (Wildman–Crippen LogP) is 1.54. The van der Waals surface area contributed by atoms with Gasteiger partial charge in [0.25, 0.3) is 5.91 Å². The third-order valence-electron chi connectivity index (χ3n) is 3.88. The Morgan fingerprint density at radius 2 is 2.32 bits per heavy atom. The summed E-state index contributed by atoms with van der Waals surface area (Å²) in [6.07, 6.45) is 3.87. The SMILES string of the molecule is Cc1ccccc1Cn1cc(C(=O)NCC2CCCO2)nn1. The van der Waals surface area contributed by atoms with Crippen LogP contribution in [0.5, 0.6) is 0 Å². The molecule has 3 rings (SSSR count). The molecular weight excluding hydrogens is 280 g/mol. The maximum absolute atomic E-state index is 12.1. The second-order valence-corrected chi connectivity index (χ2v) is 5.57. The molecule has 1 atom stereocenters. The van der Waals surface area contributed by atoms with Crippen molar-refractivity contribution in [3.63, 3.8) is 0 Å². The van der Waals surface area contributed by atoms with Crippen molar-refractivity contribution in [3.05, 3.63) is 47.3 Å². The standard InChI is InChI=1S/C16H20N4O2/c1-12-5-2-3-6-13(12)10-20-11-15(18-19-20)16(21)17-9-14-7-4-8-22-14/h2-3,5-6,11,14H,4,7-10H2,1H3,(H,17,21). The molecule has 22 heavy (non-hydrogen) atoms. The second kappa shape index (κ2) is 6.70. The Balaban J connectivity index is 1.58. The number of nitrogens with zero attached hydrogens (tertiary/aromatic N) is 3. The number of carbonyl (C=O) groups excluding carboxylic acids is 1. The van der Waals surface area contributed by atoms with Gasteiger partial charge in [0.05, 0.1) is 18.8 Å². The summed E-state index contributed by atoms with van der Waals surface area (Å²) in [6, 6.07) is 8.11. The summed E-state index contributed by atoms with van der Waals surface area (Å²) in [5.41, 5.74) is 2.70. The zero-order valence-corrected chi connectivity index (χ0v) is 12.7. The molecule has 1 aliphatic heterocycles. The van der Waals surface area contributed by atoms with Crippen LogP contribution < -0.4 is 5.32 Å². The lowest BCUT2D eigenvalue weighted by Crippen LogP contribution is -2.31. The third-order valence-corrected chi connectivity index (χ3v) is 3.88. The topological polar surface area (TPSA) is 69.0 Å². The van der Waals surface area contributed by atoms with Crippen molar-refractivity contribution < 1.29 is 9.53 Å². The zero-order chi connectivity index (χ0) is 15.4. The van der Waals surface area contributed by atoms with Crippen LogP contribution in [0.15, 0.2) is 30.5 Å². The Morgan fingerprint density at radius 1 is 1.45 bits per heavy atom. The normalized spacial score (nSPS) is 17.6. The predicted molar refractivity (Wildman–Crippen MR) is 81.6 cm³/mol. The lowest BCUT2D eigenvalue weighted by atomic mass is 10.1. The summed E-state index contributed by atoms with van der Waals surface area (Å²) in [6.45, 7) is 3.98. The molecule has 0 radical (unpaired) electrons. The minimum Gasteiger partial charge on any atom is -0.376 e. The Bertz CT molecular complexity index is 647. The van der Waals surface area contributed by atoms with Crippen molar-refractivity contribution in [3.8, 4) is 0 Å². The van der Waals surface area contributed by atoms with E-state index in [9.17, 15) is 4.79 Å². The summed E-state index contributed by atoms with van der Waals surface area (Å²) in [5.74, 6) is -0.202. The van der Waals surface area contributed by atoms with Gasteiger partial charge in [0.15, 0.2) is 5.69 Å². The molecule has 0 aliphatic carbocycles. The number of ether oxygens (including phenoxy) is 1. The molecule has 1 unspecified atom stereocenters. The molecule has 0 spiro atoms. The zero-order valence-electron chi connectivity index (χ0n) is 12.7. The maximum atomic E-state index is 12.1. The van der Waals surface area contributed by atoms with E-state index in [1.54, 1.807) is 10.9 Å². The molecule has 6 heteroatoms. The minimum atomic E-state index is -0.202. The van der Waals surface area contributed by atoms with Crippen molar-refractivity contribution in [1.82, 2.24) is 20.3 Å². The molecule has 1 aromatic heterocycles. The number of rotatable bonds is 5. The highest BCUT2D eigenvalue weighted by molar-refractivity contribution is 5.91. The van der Waals surface area contributed by atoms with Gasteiger partial charge < -0.3 is 10.1 Å². The quantitative estimate of drug-likeness (QED) is 0.909. The van der Waals surface area contributed by atoms with E-state index < -0.39 is 0 Å². The monoisotopic (exact) mass is 300 g/mol. The Hall–Kier alpha value is -2.21. The van der Waals surface area contributed by atoms with Crippen LogP contribution in [0.4, 0.5) is 0 Å². The van der Waals surface area contributed by atoms with Crippen LogP contribution in [-0.4, -0.2) is 40.2 Å². The molecule has 1 aromatic carbocycles. The van der Waals surface area contributed by atoms with Crippen molar-refractivity contribution in [2.75, 3.05) is 13.2 Å². The van der Waals surface area contributed by atoms with E-state index in [1.165, 1.54) is 11.1 Å². The summed E-state index contributed by atoms with van der Waals surface area (Å²) >= 11 is 0. The molecule has 0 saturated carbocycles. The van der Waals surface area contributed by atoms with E-state index in [1.807, 2.05) is 18.2 Å². The fraction of sp³-hybridized carbons (Fsp3) is 0.438. The summed E-state index contributed by atoms with van der Waals surface area (Å²) in [7, 11) is 0. The van der Waals surface area contributed by atoms with Gasteiger partial charge in [-0.1, -0.05) is 29.5 Å². The summed E-state index contributed by atoms with van der Waals surface area (Å²) in [5, 5.41) is 10.8. The largest absolute Gasteiger partial charge is 0.376 e. The molecule has 1 fully saturated rings. The number of hydrogen-bond donors (Lipinski definition) is 1. The molecular formula is C16H20N4O2. The van der Waals surface area contributed by atoms with Crippen LogP contribution in [0.3, 0.4) is 0 Å². The first-order chi connectivity index (χ1) is 10.7. The molecule has 1 amide bonds. The molecule has 6 nitrogen and oxygen atoms in total. The number of aryl methyl sites for hydroxylation is 1. The first-order valence-corrected chi connectivity index (χ1v) is 7.57. The van der Waals surface area contributed by atoms with Crippen LogP contribution >= 0.6 is 0 Å². The second-order valence-electron chi connectivity index (χ2n) is 5.57. The highest BCUT2D eigenvalue weighted by Gasteiger charge is 2.18. The molecule has 1 aliphatic rings. The number of hydrogen-bond acceptors (Lipinski definition) is 4. The van der Waals surface area contributed by atoms with E-state index in [4.69, 9.17) is 4.74 Å². The lowest BCUT2D eigenvalue weighted by Gasteiger charge is -2.09. The van der Waals surface area contributed by atoms with Crippen LogP contribution in [0.25, 0.3) is 0 Å². The van der Waals surface area contributed by atoms with Crippen molar-refractivity contribution in [1.29, 1.82) is 0 Å². The van der Waals surface area contributed by atoms with Crippen molar-refractivity contribution in [2.24, 2.45) is 0 Å². The maximum Gasteiger partial charge on any atom is 0.273 e. The van der Waals surface area contributed by atoms with E-state index in [0.29, 0.717) is 18.8 Å². The number of nitrogens with one attached hydrogen (secondary N) is 1. The Labute approximate surface area is 129 Å². The van der Waals surface area contributed by atoms with Gasteiger partial charge in [-0.15, -0.1) is 5.10 Å². The van der Waals surface area contributed by atoms with Crippen LogP contribution in [0.2, 0.25) is 0 Å². The molecule has 2 aromatic rings. The van der Waals surface area contributed by atoms with Crippen LogP contribution in [0, 0.1) is 6.92 Å². The van der Waals surface area contributed by atoms with Gasteiger partial charge in [-0.25, -0.2) is 4.68 Å². The summed E-state index contributed by atoms with van der Waals surface area (Å²) in [4.78, 5) is 12.1. The van der Waals surface area contributed by atoms with E-state index >= 15 is 0 Å². The lowest BCUT2D eigenvalue weighted by molar-refractivity contribution is 0.0853. The van der Waals surface area contributed by atoms with Gasteiger partial charge in [-0.3, -0.25) is 4.79 Å². The van der Waals surface area contributed by atoms with Crippen LogP contribution in [-0.2, 0) is 11.3 Å². The fourth-order valence-corrected chi connectivity index (χ4v) is 2.54. The smallest absolute Gasteiger partial charge is 0.273 e. The highest BCUT2D eigenvalue weighted by Crippen LogP contribution is 2.11. The minimum absolute atomic E-state index is 0.131. The number of amides is 1. The highest BCUT2D eigenvalue weighted by atomic mass is 16.5. The van der Waals surface area contributed by atoms with Gasteiger partial charge in [-0.2, -0.15) is 0 Å². The van der Waals surface area contributed by atoms with Gasteiger partial charge >= 0.3 is 0 Å². The van der Waals surface area contributed by atoms with E-state index in [-0.39, 0.29) is 12.0 Å². The fourth-order valence-electron chi connectivity index (χ4n) is 2.54. The van der Waals surface area contributed by atoms with Gasteiger partial charge in [0.2, 0.25) is 0 Å². The first kappa shape index (κ1) is 14.7. The molecule has 116 valence electrons. The number of aromatic nitrogens is 3. The first-order valence-electron chi connectivity index (χ1n) is 7.57. The van der Waals surface area contributed by atoms with Gasteiger partial charge in [0.1, 0.15) is 0 Å².